The fourth-order valence-electron chi connectivity index (χ4n) is 4.37. The lowest BCUT2D eigenvalue weighted by atomic mass is 9.94. The molecule has 5 unspecified atom stereocenters. The third-order valence-electron chi connectivity index (χ3n) is 6.30. The highest BCUT2D eigenvalue weighted by Crippen LogP contribution is 2.36. The van der Waals surface area contributed by atoms with E-state index in [0.717, 1.165) is 17.5 Å². The van der Waals surface area contributed by atoms with Crippen LogP contribution in [-0.2, 0) is 14.2 Å². The molecule has 0 bridgehead atoms. The van der Waals surface area contributed by atoms with E-state index in [4.69, 9.17) is 18.9 Å². The number of para-hydroxylation sites is 1. The van der Waals surface area contributed by atoms with E-state index < -0.39 is 55.7 Å². The second-order valence-electron chi connectivity index (χ2n) is 9.39. The minimum atomic E-state index is -1.53. The molecular formula is C24H36O9. The van der Waals surface area contributed by atoms with Gasteiger partial charge in [0.1, 0.15) is 36.3 Å². The maximum absolute atomic E-state index is 12.7. The van der Waals surface area contributed by atoms with Crippen LogP contribution in [0.5, 0.6) is 5.75 Å². The van der Waals surface area contributed by atoms with E-state index >= 15 is 0 Å². The van der Waals surface area contributed by atoms with Gasteiger partial charge in [-0.15, -0.1) is 0 Å². The fourth-order valence-corrected chi connectivity index (χ4v) is 4.37. The summed E-state index contributed by atoms with van der Waals surface area (Å²) in [5.41, 5.74) is 1.83. The molecule has 0 aromatic heterocycles. The summed E-state index contributed by atoms with van der Waals surface area (Å²) in [6.07, 6.45) is -7.10. The molecule has 1 aromatic rings. The van der Waals surface area contributed by atoms with Gasteiger partial charge in [-0.25, -0.2) is 4.79 Å². The standard InChI is InChI=1S/C24H36O9/c1-12(2)14-7-5-8-15(13(3)4)22(14)33-24(29)32-17-10-6-9-16(17)30-23-21(28)20(27)19(26)18(11-25)31-23/h5,7-8,12-13,16-21,23,25-28H,6,9-11H2,1-4H3/t16?,17?,18?,19-,20?,21?,23+/m1/s1. The van der Waals surface area contributed by atoms with Crippen molar-refractivity contribution < 1.29 is 44.2 Å². The molecule has 1 saturated carbocycles. The molecule has 33 heavy (non-hydrogen) atoms. The summed E-state index contributed by atoms with van der Waals surface area (Å²) in [5, 5.41) is 39.5. The number of hydrogen-bond donors (Lipinski definition) is 4. The lowest BCUT2D eigenvalue weighted by Gasteiger charge is -2.40. The number of hydrogen-bond acceptors (Lipinski definition) is 9. The van der Waals surface area contributed by atoms with Crippen molar-refractivity contribution in [2.24, 2.45) is 0 Å². The van der Waals surface area contributed by atoms with Crippen LogP contribution in [0.15, 0.2) is 18.2 Å². The van der Waals surface area contributed by atoms with Gasteiger partial charge in [-0.05, 0) is 42.2 Å². The lowest BCUT2D eigenvalue weighted by molar-refractivity contribution is -0.315. The maximum Gasteiger partial charge on any atom is 0.514 e. The highest BCUT2D eigenvalue weighted by atomic mass is 16.7. The molecule has 1 aromatic carbocycles. The highest BCUT2D eigenvalue weighted by molar-refractivity contribution is 5.66. The Balaban J connectivity index is 1.67. The number of benzene rings is 1. The van der Waals surface area contributed by atoms with Crippen molar-refractivity contribution >= 4 is 6.16 Å². The quantitative estimate of drug-likeness (QED) is 0.351. The zero-order chi connectivity index (χ0) is 24.3. The van der Waals surface area contributed by atoms with Crippen LogP contribution in [0.4, 0.5) is 4.79 Å². The van der Waals surface area contributed by atoms with Gasteiger partial charge in [0.25, 0.3) is 0 Å². The number of rotatable bonds is 7. The van der Waals surface area contributed by atoms with Crippen molar-refractivity contribution in [3.63, 3.8) is 0 Å². The van der Waals surface area contributed by atoms with Crippen LogP contribution in [0.3, 0.4) is 0 Å². The number of aliphatic hydroxyl groups excluding tert-OH is 4. The van der Waals surface area contributed by atoms with Crippen LogP contribution < -0.4 is 4.74 Å². The normalized spacial score (nSPS) is 32.4. The van der Waals surface area contributed by atoms with Crippen molar-refractivity contribution in [2.45, 2.75) is 102 Å². The van der Waals surface area contributed by atoms with Gasteiger partial charge in [-0.1, -0.05) is 45.9 Å². The molecule has 9 heteroatoms. The second kappa shape index (κ2) is 11.1. The summed E-state index contributed by atoms with van der Waals surface area (Å²) in [6, 6.07) is 5.81. The average molecular weight is 469 g/mol. The Morgan fingerprint density at radius 1 is 1.00 bits per heavy atom. The number of aliphatic hydroxyl groups is 4. The summed E-state index contributed by atoms with van der Waals surface area (Å²) >= 11 is 0. The molecule has 3 rings (SSSR count). The van der Waals surface area contributed by atoms with E-state index in [-0.39, 0.29) is 11.8 Å². The van der Waals surface area contributed by atoms with Crippen LogP contribution in [-0.4, -0.2) is 76.1 Å². The van der Waals surface area contributed by atoms with Crippen LogP contribution >= 0.6 is 0 Å². The molecule has 7 atom stereocenters. The van der Waals surface area contributed by atoms with E-state index in [1.54, 1.807) is 0 Å². The lowest BCUT2D eigenvalue weighted by Crippen LogP contribution is -2.60. The van der Waals surface area contributed by atoms with Gasteiger partial charge in [0.2, 0.25) is 0 Å². The summed E-state index contributed by atoms with van der Waals surface area (Å²) in [7, 11) is 0. The Labute approximate surface area is 194 Å². The van der Waals surface area contributed by atoms with Gasteiger partial charge in [0.05, 0.1) is 12.7 Å². The van der Waals surface area contributed by atoms with E-state index in [2.05, 4.69) is 0 Å². The Morgan fingerprint density at radius 3 is 2.18 bits per heavy atom. The van der Waals surface area contributed by atoms with Gasteiger partial charge in [-0.3, -0.25) is 0 Å². The SMILES string of the molecule is CC(C)c1cccc(C(C)C)c1OC(=O)OC1CCCC1O[C@H]1OC(CO)[C@@H](O)C(O)C1O. The molecule has 0 amide bonds. The van der Waals surface area contributed by atoms with Gasteiger partial charge in [0, 0.05) is 0 Å². The first-order chi connectivity index (χ1) is 15.6. The number of carbonyl (C=O) groups excluding carboxylic acids is 1. The van der Waals surface area contributed by atoms with E-state index in [9.17, 15) is 25.2 Å². The van der Waals surface area contributed by atoms with Gasteiger partial charge in [0.15, 0.2) is 6.29 Å². The largest absolute Gasteiger partial charge is 0.514 e. The van der Waals surface area contributed by atoms with Gasteiger partial charge >= 0.3 is 6.16 Å². The molecule has 1 aliphatic heterocycles. The highest BCUT2D eigenvalue weighted by Gasteiger charge is 2.46. The zero-order valence-electron chi connectivity index (χ0n) is 19.6. The van der Waals surface area contributed by atoms with Crippen LogP contribution in [0.25, 0.3) is 0 Å². The van der Waals surface area contributed by atoms with Gasteiger partial charge in [-0.2, -0.15) is 0 Å². The molecule has 1 aliphatic carbocycles. The first-order valence-corrected chi connectivity index (χ1v) is 11.6. The van der Waals surface area contributed by atoms with Crippen molar-refractivity contribution in [1.82, 2.24) is 0 Å². The Hall–Kier alpha value is -1.75. The third-order valence-corrected chi connectivity index (χ3v) is 6.30. The Bertz CT molecular complexity index is 768. The minimum Gasteiger partial charge on any atom is -0.428 e. The fraction of sp³-hybridized carbons (Fsp3) is 0.708. The summed E-state index contributed by atoms with van der Waals surface area (Å²) in [6.45, 7) is 7.56. The molecule has 186 valence electrons. The predicted octanol–water partition coefficient (Wildman–Crippen LogP) is 2.19. The second-order valence-corrected chi connectivity index (χ2v) is 9.39. The van der Waals surface area contributed by atoms with Crippen molar-refractivity contribution in [3.8, 4) is 5.75 Å². The van der Waals surface area contributed by atoms with E-state index in [0.29, 0.717) is 18.6 Å². The molecule has 1 heterocycles. The summed E-state index contributed by atoms with van der Waals surface area (Å²) in [5.74, 6) is 0.817. The molecular weight excluding hydrogens is 432 g/mol. The van der Waals surface area contributed by atoms with Crippen LogP contribution in [0.2, 0.25) is 0 Å². The molecule has 1 saturated heterocycles. The first kappa shape index (κ1) is 25.9. The summed E-state index contributed by atoms with van der Waals surface area (Å²) < 4.78 is 22.5. The Kier molecular flexibility index (Phi) is 8.71. The predicted molar refractivity (Wildman–Crippen MR) is 118 cm³/mol. The molecule has 4 N–H and O–H groups in total. The van der Waals surface area contributed by atoms with Crippen LogP contribution in [0, 0.1) is 0 Å². The molecule has 9 nitrogen and oxygen atoms in total. The molecule has 0 spiro atoms. The van der Waals surface area contributed by atoms with Crippen LogP contribution in [0.1, 0.15) is 69.9 Å². The first-order valence-electron chi connectivity index (χ1n) is 11.6. The topological polar surface area (TPSA) is 135 Å². The Morgan fingerprint density at radius 2 is 1.61 bits per heavy atom. The number of carbonyl (C=O) groups is 1. The smallest absolute Gasteiger partial charge is 0.428 e. The minimum absolute atomic E-state index is 0.153. The van der Waals surface area contributed by atoms with Crippen molar-refractivity contribution in [1.29, 1.82) is 0 Å². The zero-order valence-corrected chi connectivity index (χ0v) is 19.6. The molecule has 2 aliphatic rings. The summed E-state index contributed by atoms with van der Waals surface area (Å²) in [4.78, 5) is 12.7. The number of ether oxygens (including phenoxy) is 4. The van der Waals surface area contributed by atoms with Gasteiger partial charge < -0.3 is 39.4 Å². The molecule has 0 radical (unpaired) electrons. The maximum atomic E-state index is 12.7. The third kappa shape index (κ3) is 5.85. The monoisotopic (exact) mass is 468 g/mol. The van der Waals surface area contributed by atoms with E-state index in [1.165, 1.54) is 0 Å². The average Bonchev–Trinajstić information content (AvgIpc) is 3.20. The van der Waals surface area contributed by atoms with Crippen molar-refractivity contribution in [2.75, 3.05) is 6.61 Å². The van der Waals surface area contributed by atoms with Crippen molar-refractivity contribution in [3.05, 3.63) is 29.3 Å². The van der Waals surface area contributed by atoms with E-state index in [1.807, 2.05) is 45.9 Å². The molecule has 2 fully saturated rings.